The molecule has 0 spiro atoms. The van der Waals surface area contributed by atoms with Crippen LogP contribution in [0.25, 0.3) is 0 Å². The van der Waals surface area contributed by atoms with Gasteiger partial charge < -0.3 is 0 Å². The standard InChI is InChI=1S/C10H16N4O2S/c1-7-11-8(14(4)12-7)6-17(15)9-5-10(2,3)16-13-9/h5,13H,6H2,1-4H3. The number of hydrogen-bond donors (Lipinski definition) is 1. The van der Waals surface area contributed by atoms with Crippen LogP contribution in [0.2, 0.25) is 0 Å². The van der Waals surface area contributed by atoms with Crippen LogP contribution in [0.3, 0.4) is 0 Å². The Morgan fingerprint density at radius 3 is 2.76 bits per heavy atom. The van der Waals surface area contributed by atoms with Gasteiger partial charge in [-0.1, -0.05) is 0 Å². The largest absolute Gasteiger partial charge is 0.265 e. The van der Waals surface area contributed by atoms with E-state index in [-0.39, 0.29) is 0 Å². The number of rotatable bonds is 3. The van der Waals surface area contributed by atoms with Crippen LogP contribution in [0, 0.1) is 6.92 Å². The lowest BCUT2D eigenvalue weighted by atomic mass is 10.1. The quantitative estimate of drug-likeness (QED) is 0.854. The summed E-state index contributed by atoms with van der Waals surface area (Å²) in [6.45, 7) is 5.61. The third-order valence-corrected chi connectivity index (χ3v) is 3.57. The van der Waals surface area contributed by atoms with Crippen molar-refractivity contribution in [2.45, 2.75) is 32.1 Å². The van der Waals surface area contributed by atoms with E-state index < -0.39 is 16.4 Å². The Hall–Kier alpha value is -1.21. The van der Waals surface area contributed by atoms with Crippen LogP contribution in [0.4, 0.5) is 0 Å². The summed E-state index contributed by atoms with van der Waals surface area (Å²) in [5, 5.41) is 4.71. The molecule has 1 aromatic rings. The fourth-order valence-corrected chi connectivity index (χ4v) is 2.74. The van der Waals surface area contributed by atoms with Crippen LogP contribution < -0.4 is 5.48 Å². The normalized spacial score (nSPS) is 19.9. The molecule has 0 bridgehead atoms. The highest BCUT2D eigenvalue weighted by Gasteiger charge is 2.27. The molecule has 0 radical (unpaired) electrons. The number of hydrogen-bond acceptors (Lipinski definition) is 5. The second-order valence-corrected chi connectivity index (χ2v) is 5.92. The molecular weight excluding hydrogens is 240 g/mol. The number of nitrogens with one attached hydrogen (secondary N) is 1. The minimum atomic E-state index is -1.19. The van der Waals surface area contributed by atoms with Crippen LogP contribution in [0.1, 0.15) is 25.5 Å². The van der Waals surface area contributed by atoms with Gasteiger partial charge in [-0.2, -0.15) is 5.10 Å². The Morgan fingerprint density at radius 1 is 1.59 bits per heavy atom. The number of nitrogens with zero attached hydrogens (tertiary/aromatic N) is 3. The van der Waals surface area contributed by atoms with Crippen molar-refractivity contribution in [3.8, 4) is 0 Å². The van der Waals surface area contributed by atoms with E-state index in [4.69, 9.17) is 4.84 Å². The predicted octanol–water partition coefficient (Wildman–Crippen LogP) is 0.527. The average Bonchev–Trinajstić information content (AvgIpc) is 2.70. The summed E-state index contributed by atoms with van der Waals surface area (Å²) in [6, 6.07) is 0. The molecule has 0 fully saturated rings. The van der Waals surface area contributed by atoms with Crippen molar-refractivity contribution >= 4 is 10.8 Å². The smallest absolute Gasteiger partial charge is 0.147 e. The van der Waals surface area contributed by atoms with Crippen LogP contribution in [0.15, 0.2) is 11.1 Å². The minimum Gasteiger partial charge on any atom is -0.265 e. The molecule has 1 aliphatic heterocycles. The molecule has 6 nitrogen and oxygen atoms in total. The lowest BCUT2D eigenvalue weighted by molar-refractivity contribution is -0.0128. The van der Waals surface area contributed by atoms with Gasteiger partial charge in [0.25, 0.3) is 0 Å². The van der Waals surface area contributed by atoms with E-state index in [2.05, 4.69) is 15.6 Å². The molecule has 0 saturated heterocycles. The first-order valence-electron chi connectivity index (χ1n) is 5.29. The molecule has 1 N–H and O–H groups in total. The van der Waals surface area contributed by atoms with Gasteiger partial charge >= 0.3 is 0 Å². The van der Waals surface area contributed by atoms with Gasteiger partial charge in [0.1, 0.15) is 22.3 Å². The summed E-state index contributed by atoms with van der Waals surface area (Å²) in [5.74, 6) is 1.72. The van der Waals surface area contributed by atoms with E-state index in [1.807, 2.05) is 26.8 Å². The van der Waals surface area contributed by atoms with Gasteiger partial charge in [0.15, 0.2) is 0 Å². The van der Waals surface area contributed by atoms with Crippen molar-refractivity contribution < 1.29 is 9.05 Å². The Kier molecular flexibility index (Phi) is 3.05. The van der Waals surface area contributed by atoms with E-state index >= 15 is 0 Å². The highest BCUT2D eigenvalue weighted by atomic mass is 32.2. The van der Waals surface area contributed by atoms with Gasteiger partial charge in [0.2, 0.25) is 0 Å². The zero-order valence-corrected chi connectivity index (χ0v) is 11.2. The van der Waals surface area contributed by atoms with Crippen molar-refractivity contribution in [3.05, 3.63) is 22.8 Å². The summed E-state index contributed by atoms with van der Waals surface area (Å²) in [4.78, 5) is 9.49. The predicted molar refractivity (Wildman–Crippen MR) is 64.0 cm³/mol. The lowest BCUT2D eigenvalue weighted by Gasteiger charge is -2.11. The molecule has 17 heavy (non-hydrogen) atoms. The first-order valence-corrected chi connectivity index (χ1v) is 6.61. The molecule has 2 heterocycles. The van der Waals surface area contributed by atoms with Crippen LogP contribution in [0.5, 0.6) is 0 Å². The number of aromatic nitrogens is 3. The summed E-state index contributed by atoms with van der Waals surface area (Å²) in [6.07, 6.45) is 1.83. The first kappa shape index (κ1) is 12.3. The van der Waals surface area contributed by atoms with Crippen LogP contribution in [-0.4, -0.2) is 24.6 Å². The molecule has 7 heteroatoms. The van der Waals surface area contributed by atoms with E-state index in [1.54, 1.807) is 11.7 Å². The monoisotopic (exact) mass is 256 g/mol. The Morgan fingerprint density at radius 2 is 2.29 bits per heavy atom. The Labute approximate surface area is 102 Å². The minimum absolute atomic E-state index is 0.329. The molecule has 0 amide bonds. The topological polar surface area (TPSA) is 69.0 Å². The fourth-order valence-electron chi connectivity index (χ4n) is 1.55. The number of hydroxylamine groups is 1. The second-order valence-electron chi connectivity index (χ2n) is 4.50. The van der Waals surface area contributed by atoms with Gasteiger partial charge in [-0.15, -0.1) is 0 Å². The molecular formula is C10H16N4O2S. The number of aryl methyl sites for hydroxylation is 2. The van der Waals surface area contributed by atoms with Crippen molar-refractivity contribution in [3.63, 3.8) is 0 Å². The summed E-state index contributed by atoms with van der Waals surface area (Å²) in [7, 11) is 0.607. The molecule has 2 rings (SSSR count). The van der Waals surface area contributed by atoms with Gasteiger partial charge in [0, 0.05) is 7.05 Å². The molecule has 0 saturated carbocycles. The van der Waals surface area contributed by atoms with Crippen molar-refractivity contribution in [1.29, 1.82) is 0 Å². The zero-order valence-electron chi connectivity index (χ0n) is 10.4. The Balaban J connectivity index is 2.11. The highest BCUT2D eigenvalue weighted by molar-refractivity contribution is 7.88. The molecule has 94 valence electrons. The SMILES string of the molecule is Cc1nc(CS(=O)C2=CC(C)(C)ON2)n(C)n1. The van der Waals surface area contributed by atoms with Crippen molar-refractivity contribution in [2.24, 2.45) is 7.05 Å². The van der Waals surface area contributed by atoms with E-state index in [9.17, 15) is 4.21 Å². The van der Waals surface area contributed by atoms with Gasteiger partial charge in [-0.25, -0.2) is 4.98 Å². The molecule has 1 unspecified atom stereocenters. The molecule has 1 atom stereocenters. The van der Waals surface area contributed by atoms with Crippen molar-refractivity contribution in [1.82, 2.24) is 20.2 Å². The second kappa shape index (κ2) is 4.23. The molecule has 0 aliphatic carbocycles. The summed E-state index contributed by atoms with van der Waals surface area (Å²) < 4.78 is 13.7. The third kappa shape index (κ3) is 2.73. The van der Waals surface area contributed by atoms with Crippen molar-refractivity contribution in [2.75, 3.05) is 0 Å². The maximum atomic E-state index is 12.1. The fraction of sp³-hybridized carbons (Fsp3) is 0.600. The highest BCUT2D eigenvalue weighted by Crippen LogP contribution is 2.21. The van der Waals surface area contributed by atoms with Gasteiger partial charge in [0.05, 0.1) is 16.6 Å². The Bertz CT molecular complexity index is 492. The van der Waals surface area contributed by atoms with E-state index in [1.165, 1.54) is 0 Å². The molecule has 1 aliphatic rings. The van der Waals surface area contributed by atoms with E-state index in [0.29, 0.717) is 22.4 Å². The van der Waals surface area contributed by atoms with Gasteiger partial charge in [-0.05, 0) is 26.8 Å². The first-order chi connectivity index (χ1) is 7.87. The third-order valence-electron chi connectivity index (χ3n) is 2.36. The summed E-state index contributed by atoms with van der Waals surface area (Å²) in [5.41, 5.74) is 2.28. The summed E-state index contributed by atoms with van der Waals surface area (Å²) >= 11 is 0. The van der Waals surface area contributed by atoms with Crippen LogP contribution >= 0.6 is 0 Å². The molecule has 0 aromatic carbocycles. The van der Waals surface area contributed by atoms with Crippen LogP contribution in [-0.2, 0) is 28.4 Å². The maximum absolute atomic E-state index is 12.1. The van der Waals surface area contributed by atoms with E-state index in [0.717, 1.165) is 0 Å². The lowest BCUT2D eigenvalue weighted by Crippen LogP contribution is -2.21. The average molecular weight is 256 g/mol. The van der Waals surface area contributed by atoms with Gasteiger partial charge in [-0.3, -0.25) is 19.2 Å². The molecule has 1 aromatic heterocycles. The maximum Gasteiger partial charge on any atom is 0.147 e. The zero-order chi connectivity index (χ0) is 12.6.